The van der Waals surface area contributed by atoms with Crippen LogP contribution in [0.15, 0.2) is 12.7 Å². The Morgan fingerprint density at radius 1 is 1.70 bits per heavy atom. The van der Waals surface area contributed by atoms with Gasteiger partial charge in [-0.25, -0.2) is 0 Å². The molecule has 1 heterocycles. The van der Waals surface area contributed by atoms with Gasteiger partial charge in [0.2, 0.25) is 0 Å². The second-order valence-electron chi connectivity index (χ2n) is 3.04. The van der Waals surface area contributed by atoms with Crippen LogP contribution >= 0.6 is 0 Å². The number of hydrogen-bond donors (Lipinski definition) is 1. The summed E-state index contributed by atoms with van der Waals surface area (Å²) in [6.07, 6.45) is 2.73. The average molecular weight is 141 g/mol. The van der Waals surface area contributed by atoms with E-state index in [9.17, 15) is 5.11 Å². The van der Waals surface area contributed by atoms with Gasteiger partial charge < -0.3 is 5.11 Å². The third-order valence-electron chi connectivity index (χ3n) is 2.08. The van der Waals surface area contributed by atoms with E-state index in [-0.39, 0.29) is 5.60 Å². The van der Waals surface area contributed by atoms with Crippen molar-refractivity contribution in [1.82, 2.24) is 4.90 Å². The highest BCUT2D eigenvalue weighted by atomic mass is 16.3. The van der Waals surface area contributed by atoms with Crippen LogP contribution < -0.4 is 0 Å². The van der Waals surface area contributed by atoms with E-state index < -0.39 is 0 Å². The van der Waals surface area contributed by atoms with E-state index in [1.165, 1.54) is 0 Å². The average Bonchev–Trinajstić information content (AvgIpc) is 1.85. The Bertz CT molecular complexity index is 127. The van der Waals surface area contributed by atoms with Crippen LogP contribution in [0.1, 0.15) is 13.3 Å². The maximum absolute atomic E-state index is 9.54. The first-order chi connectivity index (χ1) is 4.70. The van der Waals surface area contributed by atoms with E-state index in [0.717, 1.165) is 26.1 Å². The molecule has 0 atom stereocenters. The summed E-state index contributed by atoms with van der Waals surface area (Å²) in [5.41, 5.74) is -0.386. The summed E-state index contributed by atoms with van der Waals surface area (Å²) < 4.78 is 0. The van der Waals surface area contributed by atoms with E-state index in [1.807, 2.05) is 13.0 Å². The second kappa shape index (κ2) is 2.72. The Labute approximate surface area is 62.2 Å². The molecule has 0 unspecified atom stereocenters. The molecule has 0 aromatic rings. The Hall–Kier alpha value is -0.340. The van der Waals surface area contributed by atoms with Crippen molar-refractivity contribution in [3.63, 3.8) is 0 Å². The zero-order chi connectivity index (χ0) is 7.61. The van der Waals surface area contributed by atoms with Crippen molar-refractivity contribution in [2.75, 3.05) is 19.6 Å². The van der Waals surface area contributed by atoms with Gasteiger partial charge in [0.05, 0.1) is 5.60 Å². The van der Waals surface area contributed by atoms with Crippen LogP contribution in [0, 0.1) is 0 Å². The van der Waals surface area contributed by atoms with Crippen molar-refractivity contribution in [2.45, 2.75) is 18.9 Å². The molecule has 0 radical (unpaired) electrons. The lowest BCUT2D eigenvalue weighted by atomic mass is 9.91. The van der Waals surface area contributed by atoms with Crippen molar-refractivity contribution < 1.29 is 5.11 Å². The summed E-state index contributed by atoms with van der Waals surface area (Å²) in [5.74, 6) is 0. The first-order valence-corrected chi connectivity index (χ1v) is 3.76. The zero-order valence-corrected chi connectivity index (χ0v) is 6.51. The highest BCUT2D eigenvalue weighted by molar-refractivity contribution is 4.96. The Morgan fingerprint density at radius 2 is 2.30 bits per heavy atom. The first-order valence-electron chi connectivity index (χ1n) is 3.76. The molecular weight excluding hydrogens is 126 g/mol. The fraction of sp³-hybridized carbons (Fsp3) is 0.750. The Balaban J connectivity index is 2.22. The van der Waals surface area contributed by atoms with Gasteiger partial charge in [0.25, 0.3) is 0 Å². The smallest absolute Gasteiger partial charge is 0.0897 e. The van der Waals surface area contributed by atoms with E-state index in [2.05, 4.69) is 11.5 Å². The molecule has 2 heteroatoms. The van der Waals surface area contributed by atoms with Gasteiger partial charge in [-0.2, -0.15) is 0 Å². The van der Waals surface area contributed by atoms with Crippen molar-refractivity contribution in [3.05, 3.63) is 12.7 Å². The predicted octanol–water partition coefficient (Wildman–Crippen LogP) is 0.629. The monoisotopic (exact) mass is 141 g/mol. The zero-order valence-electron chi connectivity index (χ0n) is 6.51. The van der Waals surface area contributed by atoms with Gasteiger partial charge in [0.15, 0.2) is 0 Å². The third kappa shape index (κ3) is 1.39. The predicted molar refractivity (Wildman–Crippen MR) is 41.9 cm³/mol. The van der Waals surface area contributed by atoms with Crippen molar-refractivity contribution in [3.8, 4) is 0 Å². The normalized spacial score (nSPS) is 23.8. The summed E-state index contributed by atoms with van der Waals surface area (Å²) in [7, 11) is 0. The number of nitrogens with zero attached hydrogens (tertiary/aromatic N) is 1. The largest absolute Gasteiger partial charge is 0.387 e. The van der Waals surface area contributed by atoms with E-state index >= 15 is 0 Å². The van der Waals surface area contributed by atoms with E-state index in [4.69, 9.17) is 0 Å². The van der Waals surface area contributed by atoms with Crippen LogP contribution in [0.25, 0.3) is 0 Å². The van der Waals surface area contributed by atoms with Crippen LogP contribution in [-0.4, -0.2) is 35.2 Å². The van der Waals surface area contributed by atoms with Crippen molar-refractivity contribution in [1.29, 1.82) is 0 Å². The minimum atomic E-state index is -0.386. The van der Waals surface area contributed by atoms with Gasteiger partial charge in [-0.15, -0.1) is 6.58 Å². The molecule has 1 aliphatic heterocycles. The molecule has 58 valence electrons. The standard InChI is InChI=1S/C8H15NO/c1-3-5-9-6-8(10,4-2)7-9/h3,10H,1,4-7H2,2H3. The quantitative estimate of drug-likeness (QED) is 0.583. The molecule has 0 bridgehead atoms. The minimum Gasteiger partial charge on any atom is -0.387 e. The molecule has 10 heavy (non-hydrogen) atoms. The molecule has 0 aromatic heterocycles. The van der Waals surface area contributed by atoms with Gasteiger partial charge in [0, 0.05) is 19.6 Å². The number of likely N-dealkylation sites (tertiary alicyclic amines) is 1. The van der Waals surface area contributed by atoms with Crippen LogP contribution in [0.5, 0.6) is 0 Å². The van der Waals surface area contributed by atoms with Crippen molar-refractivity contribution >= 4 is 0 Å². The summed E-state index contributed by atoms with van der Waals surface area (Å²) >= 11 is 0. The fourth-order valence-electron chi connectivity index (χ4n) is 1.32. The second-order valence-corrected chi connectivity index (χ2v) is 3.04. The molecule has 1 aliphatic rings. The van der Waals surface area contributed by atoms with E-state index in [0.29, 0.717) is 0 Å². The fourth-order valence-corrected chi connectivity index (χ4v) is 1.32. The molecule has 0 aromatic carbocycles. The molecule has 1 N–H and O–H groups in total. The van der Waals surface area contributed by atoms with Gasteiger partial charge in [0.1, 0.15) is 0 Å². The van der Waals surface area contributed by atoms with Gasteiger partial charge in [-0.3, -0.25) is 4.90 Å². The molecule has 0 spiro atoms. The van der Waals surface area contributed by atoms with Crippen LogP contribution in [-0.2, 0) is 0 Å². The molecule has 1 fully saturated rings. The van der Waals surface area contributed by atoms with Crippen LogP contribution in [0.4, 0.5) is 0 Å². The topological polar surface area (TPSA) is 23.5 Å². The lowest BCUT2D eigenvalue weighted by molar-refractivity contribution is -0.0943. The third-order valence-corrected chi connectivity index (χ3v) is 2.08. The van der Waals surface area contributed by atoms with Crippen molar-refractivity contribution in [2.24, 2.45) is 0 Å². The lowest BCUT2D eigenvalue weighted by Gasteiger charge is -2.45. The molecule has 0 amide bonds. The SMILES string of the molecule is C=CCN1CC(O)(CC)C1. The van der Waals surface area contributed by atoms with Gasteiger partial charge in [-0.05, 0) is 6.42 Å². The molecular formula is C8H15NO. The molecule has 1 saturated heterocycles. The number of rotatable bonds is 3. The molecule has 0 aliphatic carbocycles. The maximum atomic E-state index is 9.54. The summed E-state index contributed by atoms with van der Waals surface area (Å²) in [4.78, 5) is 2.18. The molecule has 2 nitrogen and oxygen atoms in total. The highest BCUT2D eigenvalue weighted by Gasteiger charge is 2.38. The summed E-state index contributed by atoms with van der Waals surface area (Å²) in [5, 5.41) is 9.54. The van der Waals surface area contributed by atoms with Crippen LogP contribution in [0.3, 0.4) is 0 Å². The Kier molecular flexibility index (Phi) is 2.11. The molecule has 0 saturated carbocycles. The van der Waals surface area contributed by atoms with Crippen LogP contribution in [0.2, 0.25) is 0 Å². The summed E-state index contributed by atoms with van der Waals surface area (Å²) in [6, 6.07) is 0. The highest BCUT2D eigenvalue weighted by Crippen LogP contribution is 2.23. The summed E-state index contributed by atoms with van der Waals surface area (Å²) in [6.45, 7) is 8.19. The van der Waals surface area contributed by atoms with E-state index in [1.54, 1.807) is 0 Å². The number of aliphatic hydroxyl groups is 1. The number of hydrogen-bond acceptors (Lipinski definition) is 2. The first kappa shape index (κ1) is 7.76. The maximum Gasteiger partial charge on any atom is 0.0897 e. The molecule has 1 rings (SSSR count). The van der Waals surface area contributed by atoms with Gasteiger partial charge in [-0.1, -0.05) is 13.0 Å². The Morgan fingerprint density at radius 3 is 2.70 bits per heavy atom. The van der Waals surface area contributed by atoms with Gasteiger partial charge >= 0.3 is 0 Å². The lowest BCUT2D eigenvalue weighted by Crippen LogP contribution is -2.61. The minimum absolute atomic E-state index is 0.386. The number of β-amino-alcohol motifs (C(OH)–C–C–N with tert-alkyl or cyclic N) is 1.